The van der Waals surface area contributed by atoms with Crippen LogP contribution in [0.5, 0.6) is 11.5 Å². The normalized spacial score (nSPS) is 10.9. The fourth-order valence-corrected chi connectivity index (χ4v) is 2.08. The molecule has 0 aliphatic carbocycles. The van der Waals surface area contributed by atoms with Gasteiger partial charge in [0, 0.05) is 6.54 Å². The van der Waals surface area contributed by atoms with Gasteiger partial charge in [0.25, 0.3) is 5.91 Å². The molecule has 122 valence electrons. The van der Waals surface area contributed by atoms with Crippen molar-refractivity contribution < 1.29 is 24.2 Å². The number of para-hydroxylation sites is 2. The van der Waals surface area contributed by atoms with Gasteiger partial charge in [0.05, 0.1) is 12.5 Å². The first-order valence-electron chi connectivity index (χ1n) is 7.25. The Morgan fingerprint density at radius 3 is 2.27 bits per heavy atom. The van der Waals surface area contributed by atoms with Crippen LogP contribution >= 0.6 is 0 Å². The molecule has 0 heterocycles. The standard InChI is InChI=1S/C16H23NO5/c1-4-16(5-2,15(19)20)11-17-14(18)10-22-13-9-7-6-8-12(13)21-3/h6-9H,4-5,10-11H2,1-3H3,(H,17,18)(H,19,20). The number of carboxylic acids is 1. The largest absolute Gasteiger partial charge is 0.493 e. The fourth-order valence-electron chi connectivity index (χ4n) is 2.08. The molecule has 22 heavy (non-hydrogen) atoms. The molecule has 0 radical (unpaired) electrons. The molecule has 0 aliphatic heterocycles. The molecule has 6 nitrogen and oxygen atoms in total. The molecule has 1 aromatic rings. The van der Waals surface area contributed by atoms with Gasteiger partial charge in [-0.05, 0) is 25.0 Å². The van der Waals surface area contributed by atoms with Crippen molar-refractivity contribution in [2.45, 2.75) is 26.7 Å². The van der Waals surface area contributed by atoms with Crippen molar-refractivity contribution in [1.29, 1.82) is 0 Å². The summed E-state index contributed by atoms with van der Waals surface area (Å²) in [6, 6.07) is 7.01. The number of carbonyl (C=O) groups excluding carboxylic acids is 1. The number of nitrogens with one attached hydrogen (secondary N) is 1. The molecule has 1 amide bonds. The van der Waals surface area contributed by atoms with Gasteiger partial charge in [-0.3, -0.25) is 9.59 Å². The van der Waals surface area contributed by atoms with Gasteiger partial charge in [-0.25, -0.2) is 0 Å². The summed E-state index contributed by atoms with van der Waals surface area (Å²) < 4.78 is 10.5. The number of carbonyl (C=O) groups is 2. The van der Waals surface area contributed by atoms with E-state index in [-0.39, 0.29) is 19.1 Å². The zero-order valence-electron chi connectivity index (χ0n) is 13.2. The summed E-state index contributed by atoms with van der Waals surface area (Å²) in [6.07, 6.45) is 0.902. The van der Waals surface area contributed by atoms with Gasteiger partial charge in [0.1, 0.15) is 0 Å². The second kappa shape index (κ2) is 8.26. The monoisotopic (exact) mass is 309 g/mol. The van der Waals surface area contributed by atoms with Gasteiger partial charge in [0.15, 0.2) is 18.1 Å². The van der Waals surface area contributed by atoms with Crippen LogP contribution in [0.4, 0.5) is 0 Å². The van der Waals surface area contributed by atoms with E-state index in [1.54, 1.807) is 38.1 Å². The van der Waals surface area contributed by atoms with E-state index in [1.807, 2.05) is 0 Å². The molecular formula is C16H23NO5. The zero-order chi connectivity index (χ0) is 16.6. The van der Waals surface area contributed by atoms with E-state index in [9.17, 15) is 14.7 Å². The smallest absolute Gasteiger partial charge is 0.311 e. The molecule has 0 aromatic heterocycles. The number of rotatable bonds is 9. The molecule has 0 atom stereocenters. The van der Waals surface area contributed by atoms with Crippen molar-refractivity contribution in [3.63, 3.8) is 0 Å². The molecule has 0 bridgehead atoms. The summed E-state index contributed by atoms with van der Waals surface area (Å²) in [4.78, 5) is 23.2. The molecule has 0 saturated carbocycles. The minimum Gasteiger partial charge on any atom is -0.493 e. The number of aliphatic carboxylic acids is 1. The maximum atomic E-state index is 11.8. The van der Waals surface area contributed by atoms with Crippen molar-refractivity contribution in [2.75, 3.05) is 20.3 Å². The van der Waals surface area contributed by atoms with Crippen LogP contribution in [0, 0.1) is 5.41 Å². The summed E-state index contributed by atoms with van der Waals surface area (Å²) in [6.45, 7) is 3.50. The number of benzene rings is 1. The highest BCUT2D eigenvalue weighted by Crippen LogP contribution is 2.26. The number of ether oxygens (including phenoxy) is 2. The third kappa shape index (κ3) is 4.38. The van der Waals surface area contributed by atoms with E-state index >= 15 is 0 Å². The molecule has 1 rings (SSSR count). The van der Waals surface area contributed by atoms with Crippen molar-refractivity contribution in [3.8, 4) is 11.5 Å². The molecule has 1 aromatic carbocycles. The Balaban J connectivity index is 2.55. The molecule has 2 N–H and O–H groups in total. The minimum absolute atomic E-state index is 0.0868. The molecule has 0 fully saturated rings. The minimum atomic E-state index is -0.930. The average Bonchev–Trinajstić information content (AvgIpc) is 2.54. The summed E-state index contributed by atoms with van der Waals surface area (Å²) in [5.74, 6) is -0.255. The van der Waals surface area contributed by atoms with Gasteiger partial charge in [-0.1, -0.05) is 26.0 Å². The van der Waals surface area contributed by atoms with E-state index in [0.717, 1.165) is 0 Å². The Labute approximate surface area is 130 Å². The Kier molecular flexibility index (Phi) is 6.69. The van der Waals surface area contributed by atoms with Gasteiger partial charge in [-0.2, -0.15) is 0 Å². The lowest BCUT2D eigenvalue weighted by atomic mass is 9.82. The van der Waals surface area contributed by atoms with Gasteiger partial charge >= 0.3 is 5.97 Å². The van der Waals surface area contributed by atoms with E-state index in [0.29, 0.717) is 24.3 Å². The summed E-state index contributed by atoms with van der Waals surface area (Å²) in [5.41, 5.74) is -0.930. The fraction of sp³-hybridized carbons (Fsp3) is 0.500. The summed E-state index contributed by atoms with van der Waals surface area (Å²) >= 11 is 0. The maximum Gasteiger partial charge on any atom is 0.311 e. The lowest BCUT2D eigenvalue weighted by Crippen LogP contribution is -2.43. The number of hydrogen-bond donors (Lipinski definition) is 2. The lowest BCUT2D eigenvalue weighted by molar-refractivity contribution is -0.149. The van der Waals surface area contributed by atoms with E-state index in [2.05, 4.69) is 5.32 Å². The van der Waals surface area contributed by atoms with Crippen LogP contribution in [-0.4, -0.2) is 37.2 Å². The third-order valence-corrected chi connectivity index (χ3v) is 3.86. The maximum absolute atomic E-state index is 11.8. The zero-order valence-corrected chi connectivity index (χ0v) is 13.2. The number of amides is 1. The highest BCUT2D eigenvalue weighted by Gasteiger charge is 2.35. The highest BCUT2D eigenvalue weighted by molar-refractivity contribution is 5.80. The van der Waals surface area contributed by atoms with Crippen molar-refractivity contribution in [2.24, 2.45) is 5.41 Å². The SMILES string of the molecule is CCC(CC)(CNC(=O)COc1ccccc1OC)C(=O)O. The molecule has 0 saturated heterocycles. The van der Waals surface area contributed by atoms with Crippen LogP contribution in [0.1, 0.15) is 26.7 Å². The molecular weight excluding hydrogens is 286 g/mol. The van der Waals surface area contributed by atoms with Crippen molar-refractivity contribution >= 4 is 11.9 Å². The van der Waals surface area contributed by atoms with Crippen molar-refractivity contribution in [1.82, 2.24) is 5.32 Å². The number of hydrogen-bond acceptors (Lipinski definition) is 4. The third-order valence-electron chi connectivity index (χ3n) is 3.86. The predicted octanol–water partition coefficient (Wildman–Crippen LogP) is 2.08. The van der Waals surface area contributed by atoms with E-state index in [4.69, 9.17) is 9.47 Å². The van der Waals surface area contributed by atoms with Crippen LogP contribution in [-0.2, 0) is 9.59 Å². The van der Waals surface area contributed by atoms with Gasteiger partial charge in [0.2, 0.25) is 0 Å². The Morgan fingerprint density at radius 2 is 1.77 bits per heavy atom. The van der Waals surface area contributed by atoms with Crippen molar-refractivity contribution in [3.05, 3.63) is 24.3 Å². The van der Waals surface area contributed by atoms with E-state index < -0.39 is 11.4 Å². The average molecular weight is 309 g/mol. The molecule has 6 heteroatoms. The number of methoxy groups -OCH3 is 1. The first-order valence-corrected chi connectivity index (χ1v) is 7.25. The van der Waals surface area contributed by atoms with Gasteiger partial charge < -0.3 is 19.9 Å². The topological polar surface area (TPSA) is 84.9 Å². The second-order valence-electron chi connectivity index (χ2n) is 5.01. The lowest BCUT2D eigenvalue weighted by Gasteiger charge is -2.26. The summed E-state index contributed by atoms with van der Waals surface area (Å²) in [7, 11) is 1.52. The Bertz CT molecular complexity index is 511. The summed E-state index contributed by atoms with van der Waals surface area (Å²) in [5, 5.41) is 11.9. The molecule has 0 aliphatic rings. The van der Waals surface area contributed by atoms with Crippen LogP contribution in [0.15, 0.2) is 24.3 Å². The van der Waals surface area contributed by atoms with Crippen LogP contribution in [0.3, 0.4) is 0 Å². The Morgan fingerprint density at radius 1 is 1.18 bits per heavy atom. The van der Waals surface area contributed by atoms with Crippen LogP contribution in [0.25, 0.3) is 0 Å². The quantitative estimate of drug-likeness (QED) is 0.729. The first kappa shape index (κ1) is 17.8. The van der Waals surface area contributed by atoms with Crippen LogP contribution in [0.2, 0.25) is 0 Å². The highest BCUT2D eigenvalue weighted by atomic mass is 16.5. The molecule has 0 unspecified atom stereocenters. The first-order chi connectivity index (χ1) is 10.5. The Hall–Kier alpha value is -2.24. The predicted molar refractivity (Wildman–Crippen MR) is 82.1 cm³/mol. The van der Waals surface area contributed by atoms with Crippen LogP contribution < -0.4 is 14.8 Å². The second-order valence-corrected chi connectivity index (χ2v) is 5.01. The number of carboxylic acid groups (broad SMARTS) is 1. The molecule has 0 spiro atoms. The van der Waals surface area contributed by atoms with E-state index in [1.165, 1.54) is 7.11 Å². The van der Waals surface area contributed by atoms with Gasteiger partial charge in [-0.15, -0.1) is 0 Å².